The molecule has 0 fully saturated rings. The molecule has 5 rings (SSSR count). The van der Waals surface area contributed by atoms with Crippen LogP contribution in [0.25, 0.3) is 28.3 Å². The highest BCUT2D eigenvalue weighted by molar-refractivity contribution is 8.00. The topological polar surface area (TPSA) is 77.9 Å². The van der Waals surface area contributed by atoms with Gasteiger partial charge in [0.05, 0.1) is 28.4 Å². The van der Waals surface area contributed by atoms with Crippen molar-refractivity contribution in [2.45, 2.75) is 30.7 Å². The zero-order valence-corrected chi connectivity index (χ0v) is 20.3. The molecule has 0 spiro atoms. The molecule has 0 unspecified atom stereocenters. The Hall–Kier alpha value is -3.85. The van der Waals surface area contributed by atoms with Crippen LogP contribution in [-0.4, -0.2) is 30.5 Å². The highest BCUT2D eigenvalue weighted by atomic mass is 32.2. The normalized spacial score (nSPS) is 12.2. The standard InChI is InChI=1S/C26H24FN5O2S/c1-4-23(25(33)28-18-11-9-17(27)10-12-18)35-26-30-29-24(32(26)19-8-6-5-7-16(19)2)21-15-22-20(31(21)3)13-14-34-22/h5-15,23H,4H2,1-3H3,(H,28,33)/t23-/m0/s1. The maximum Gasteiger partial charge on any atom is 0.237 e. The van der Waals surface area contributed by atoms with Crippen molar-refractivity contribution in [1.29, 1.82) is 0 Å². The number of para-hydroxylation sites is 1. The van der Waals surface area contributed by atoms with E-state index in [9.17, 15) is 9.18 Å². The molecule has 1 N–H and O–H groups in total. The molecular weight excluding hydrogens is 465 g/mol. The summed E-state index contributed by atoms with van der Waals surface area (Å²) in [5.41, 5.74) is 5.10. The number of nitrogens with zero attached hydrogens (tertiary/aromatic N) is 4. The van der Waals surface area contributed by atoms with Gasteiger partial charge in [-0.1, -0.05) is 36.9 Å². The lowest BCUT2D eigenvalue weighted by molar-refractivity contribution is -0.115. The lowest BCUT2D eigenvalue weighted by Gasteiger charge is -2.17. The molecular formula is C26H24FN5O2S. The van der Waals surface area contributed by atoms with Gasteiger partial charge in [0.1, 0.15) is 5.82 Å². The fraction of sp³-hybridized carbons (Fsp3) is 0.192. The van der Waals surface area contributed by atoms with E-state index in [0.29, 0.717) is 23.1 Å². The summed E-state index contributed by atoms with van der Waals surface area (Å²) >= 11 is 1.35. The van der Waals surface area contributed by atoms with Gasteiger partial charge in [-0.15, -0.1) is 10.2 Å². The van der Waals surface area contributed by atoms with Gasteiger partial charge in [0.15, 0.2) is 16.6 Å². The van der Waals surface area contributed by atoms with Gasteiger partial charge in [-0.3, -0.25) is 9.36 Å². The van der Waals surface area contributed by atoms with Crippen LogP contribution in [0, 0.1) is 12.7 Å². The molecule has 1 amide bonds. The van der Waals surface area contributed by atoms with E-state index in [1.54, 1.807) is 18.4 Å². The molecule has 0 radical (unpaired) electrons. The molecule has 9 heteroatoms. The van der Waals surface area contributed by atoms with Crippen molar-refractivity contribution in [3.8, 4) is 17.2 Å². The first-order valence-corrected chi connectivity index (χ1v) is 12.1. The summed E-state index contributed by atoms with van der Waals surface area (Å²) in [6.45, 7) is 3.98. The van der Waals surface area contributed by atoms with Crippen molar-refractivity contribution in [2.75, 3.05) is 5.32 Å². The number of carbonyl (C=O) groups is 1. The highest BCUT2D eigenvalue weighted by Gasteiger charge is 2.26. The zero-order valence-electron chi connectivity index (χ0n) is 19.5. The van der Waals surface area contributed by atoms with E-state index < -0.39 is 5.25 Å². The molecule has 2 aromatic carbocycles. The summed E-state index contributed by atoms with van der Waals surface area (Å²) in [4.78, 5) is 13.1. The lowest BCUT2D eigenvalue weighted by atomic mass is 10.2. The molecule has 0 bridgehead atoms. The molecule has 3 aromatic heterocycles. The van der Waals surface area contributed by atoms with Gasteiger partial charge >= 0.3 is 0 Å². The van der Waals surface area contributed by atoms with Crippen LogP contribution in [-0.2, 0) is 11.8 Å². The number of halogens is 1. The van der Waals surface area contributed by atoms with E-state index in [4.69, 9.17) is 4.42 Å². The number of anilines is 1. The van der Waals surface area contributed by atoms with Crippen molar-refractivity contribution >= 4 is 34.5 Å². The minimum atomic E-state index is -0.426. The Balaban J connectivity index is 1.54. The van der Waals surface area contributed by atoms with Crippen LogP contribution in [0.1, 0.15) is 18.9 Å². The first-order chi connectivity index (χ1) is 17.0. The molecule has 1 atom stereocenters. The molecule has 0 aliphatic carbocycles. The Morgan fingerprint density at radius 3 is 2.63 bits per heavy atom. The van der Waals surface area contributed by atoms with Crippen molar-refractivity contribution in [3.63, 3.8) is 0 Å². The molecule has 0 aliphatic heterocycles. The third kappa shape index (κ3) is 4.35. The van der Waals surface area contributed by atoms with Crippen LogP contribution in [0.3, 0.4) is 0 Å². The number of fused-ring (bicyclic) bond motifs is 1. The van der Waals surface area contributed by atoms with E-state index >= 15 is 0 Å². The van der Waals surface area contributed by atoms with Crippen LogP contribution < -0.4 is 5.32 Å². The van der Waals surface area contributed by atoms with E-state index in [-0.39, 0.29) is 11.7 Å². The molecule has 0 saturated carbocycles. The third-order valence-corrected chi connectivity index (χ3v) is 7.21. The second-order valence-electron chi connectivity index (χ2n) is 8.20. The highest BCUT2D eigenvalue weighted by Crippen LogP contribution is 2.34. The Morgan fingerprint density at radius 2 is 1.91 bits per heavy atom. The predicted octanol–water partition coefficient (Wildman–Crippen LogP) is 5.98. The number of nitrogens with one attached hydrogen (secondary N) is 1. The fourth-order valence-corrected chi connectivity index (χ4v) is 4.98. The Kier molecular flexibility index (Phi) is 6.17. The van der Waals surface area contributed by atoms with E-state index in [2.05, 4.69) is 15.5 Å². The van der Waals surface area contributed by atoms with Crippen molar-refractivity contribution < 1.29 is 13.6 Å². The van der Waals surface area contributed by atoms with Crippen LogP contribution in [0.2, 0.25) is 0 Å². The van der Waals surface area contributed by atoms with Crippen LogP contribution in [0.4, 0.5) is 10.1 Å². The number of amides is 1. The summed E-state index contributed by atoms with van der Waals surface area (Å²) in [5, 5.41) is 12.1. The Bertz CT molecular complexity index is 1500. The maximum atomic E-state index is 13.3. The zero-order chi connectivity index (χ0) is 24.5. The number of hydrogen-bond donors (Lipinski definition) is 1. The number of rotatable bonds is 7. The maximum absolute atomic E-state index is 13.3. The number of aryl methyl sites for hydroxylation is 2. The van der Waals surface area contributed by atoms with Crippen molar-refractivity contribution in [1.82, 2.24) is 19.3 Å². The predicted molar refractivity (Wildman–Crippen MR) is 135 cm³/mol. The van der Waals surface area contributed by atoms with Crippen LogP contribution >= 0.6 is 11.8 Å². The van der Waals surface area contributed by atoms with Gasteiger partial charge < -0.3 is 14.3 Å². The summed E-state index contributed by atoms with van der Waals surface area (Å²) < 4.78 is 22.9. The molecule has 7 nitrogen and oxygen atoms in total. The first-order valence-electron chi connectivity index (χ1n) is 11.2. The number of hydrogen-bond acceptors (Lipinski definition) is 5. The summed E-state index contributed by atoms with van der Waals surface area (Å²) in [6.07, 6.45) is 2.23. The van der Waals surface area contributed by atoms with Gasteiger partial charge in [0, 0.05) is 24.9 Å². The number of thioether (sulfide) groups is 1. The first kappa shape index (κ1) is 22.9. The number of benzene rings is 2. The Morgan fingerprint density at radius 1 is 1.14 bits per heavy atom. The number of aromatic nitrogens is 4. The minimum absolute atomic E-state index is 0.179. The molecule has 35 heavy (non-hydrogen) atoms. The van der Waals surface area contributed by atoms with Crippen molar-refractivity contribution in [3.05, 3.63) is 78.3 Å². The molecule has 3 heterocycles. The Labute approximate surface area is 206 Å². The third-order valence-electron chi connectivity index (χ3n) is 5.91. The number of carbonyl (C=O) groups excluding carboxylic acids is 1. The fourth-order valence-electron chi connectivity index (χ4n) is 4.01. The van der Waals surface area contributed by atoms with Crippen molar-refractivity contribution in [2.24, 2.45) is 7.05 Å². The van der Waals surface area contributed by atoms with Gasteiger partial charge in [-0.05, 0) is 49.2 Å². The lowest BCUT2D eigenvalue weighted by Crippen LogP contribution is -2.25. The van der Waals surface area contributed by atoms with Gasteiger partial charge in [-0.25, -0.2) is 4.39 Å². The summed E-state index contributed by atoms with van der Waals surface area (Å²) in [6, 6.07) is 17.6. The van der Waals surface area contributed by atoms with Gasteiger partial charge in [0.25, 0.3) is 0 Å². The van der Waals surface area contributed by atoms with E-state index in [1.165, 1.54) is 23.9 Å². The largest absolute Gasteiger partial charge is 0.463 e. The van der Waals surface area contributed by atoms with E-state index in [1.807, 2.05) is 66.4 Å². The average molecular weight is 490 g/mol. The summed E-state index contributed by atoms with van der Waals surface area (Å²) in [7, 11) is 1.96. The van der Waals surface area contributed by atoms with Crippen LogP contribution in [0.15, 0.2) is 76.5 Å². The molecule has 0 aliphatic rings. The second-order valence-corrected chi connectivity index (χ2v) is 9.37. The number of furan rings is 1. The molecule has 0 saturated heterocycles. The molecule has 178 valence electrons. The van der Waals surface area contributed by atoms with Gasteiger partial charge in [0.2, 0.25) is 5.91 Å². The second kappa shape index (κ2) is 9.42. The average Bonchev–Trinajstić information content (AvgIpc) is 3.55. The monoisotopic (exact) mass is 489 g/mol. The van der Waals surface area contributed by atoms with Gasteiger partial charge in [-0.2, -0.15) is 0 Å². The molecule has 5 aromatic rings. The minimum Gasteiger partial charge on any atom is -0.463 e. The summed E-state index contributed by atoms with van der Waals surface area (Å²) in [5.74, 6) is 0.127. The SMILES string of the molecule is CC[C@H](Sc1nnc(-c2cc3occc3n2C)n1-c1ccccc1C)C(=O)Nc1ccc(F)cc1. The quantitative estimate of drug-likeness (QED) is 0.285. The van der Waals surface area contributed by atoms with E-state index in [0.717, 1.165) is 28.0 Å². The smallest absolute Gasteiger partial charge is 0.237 e. The van der Waals surface area contributed by atoms with Crippen LogP contribution in [0.5, 0.6) is 0 Å².